The number of hydrogen-bond donors (Lipinski definition) is 1. The first-order chi connectivity index (χ1) is 12.4. The van der Waals surface area contributed by atoms with Crippen molar-refractivity contribution in [3.63, 3.8) is 0 Å². The maximum Gasteiger partial charge on any atom is 0.433 e. The molecule has 0 aromatic carbocycles. The maximum absolute atomic E-state index is 13.5. The van der Waals surface area contributed by atoms with Gasteiger partial charge in [0.15, 0.2) is 0 Å². The summed E-state index contributed by atoms with van der Waals surface area (Å²) in [6, 6.07) is 0.760. The lowest BCUT2D eigenvalue weighted by Crippen LogP contribution is -2.36. The lowest BCUT2D eigenvalue weighted by Gasteiger charge is -2.19. The predicted octanol–water partition coefficient (Wildman–Crippen LogP) is 3.97. The SMILES string of the molecule is C=CC=C(C(=C)C(C)(F)F)C(=O)NCC1(c2nccc(C(F)(F)F)n2)CC1. The Bertz CT molecular complexity index is 789. The normalized spacial score (nSPS) is 16.6. The van der Waals surface area contributed by atoms with Crippen LogP contribution in [-0.2, 0) is 16.4 Å². The molecule has 0 atom stereocenters. The molecule has 1 amide bonds. The number of allylic oxidation sites excluding steroid dienone is 2. The van der Waals surface area contributed by atoms with Gasteiger partial charge in [-0.15, -0.1) is 0 Å². The van der Waals surface area contributed by atoms with E-state index in [0.29, 0.717) is 19.8 Å². The van der Waals surface area contributed by atoms with E-state index in [4.69, 9.17) is 0 Å². The Hall–Kier alpha value is -2.58. The van der Waals surface area contributed by atoms with Gasteiger partial charge in [-0.2, -0.15) is 13.2 Å². The van der Waals surface area contributed by atoms with Crippen LogP contribution in [0.5, 0.6) is 0 Å². The first-order valence-electron chi connectivity index (χ1n) is 8.00. The summed E-state index contributed by atoms with van der Waals surface area (Å²) >= 11 is 0. The molecule has 1 fully saturated rings. The van der Waals surface area contributed by atoms with Crippen molar-refractivity contribution in [2.75, 3.05) is 6.54 Å². The summed E-state index contributed by atoms with van der Waals surface area (Å²) in [4.78, 5) is 19.8. The fourth-order valence-electron chi connectivity index (χ4n) is 2.41. The topological polar surface area (TPSA) is 54.9 Å². The summed E-state index contributed by atoms with van der Waals surface area (Å²) in [5.74, 6) is -4.17. The van der Waals surface area contributed by atoms with Crippen molar-refractivity contribution in [2.24, 2.45) is 0 Å². The highest BCUT2D eigenvalue weighted by molar-refractivity contribution is 5.98. The third-order valence-corrected chi connectivity index (χ3v) is 4.25. The maximum atomic E-state index is 13.5. The summed E-state index contributed by atoms with van der Waals surface area (Å²) in [5, 5.41) is 2.47. The van der Waals surface area contributed by atoms with Crippen LogP contribution in [0.3, 0.4) is 0 Å². The van der Waals surface area contributed by atoms with E-state index in [0.717, 1.165) is 18.3 Å². The van der Waals surface area contributed by atoms with Crippen molar-refractivity contribution in [1.29, 1.82) is 0 Å². The van der Waals surface area contributed by atoms with Crippen LogP contribution in [0.2, 0.25) is 0 Å². The van der Waals surface area contributed by atoms with Gasteiger partial charge < -0.3 is 5.32 Å². The molecule has 1 N–H and O–H groups in total. The second-order valence-corrected chi connectivity index (χ2v) is 6.41. The molecule has 146 valence electrons. The molecule has 1 aromatic heterocycles. The van der Waals surface area contributed by atoms with Crippen LogP contribution in [0.25, 0.3) is 0 Å². The summed E-state index contributed by atoms with van der Waals surface area (Å²) in [7, 11) is 0. The summed E-state index contributed by atoms with van der Waals surface area (Å²) in [6.45, 7) is 7.16. The Kier molecular flexibility index (Phi) is 5.53. The number of nitrogens with one attached hydrogen (secondary N) is 1. The molecule has 1 aliphatic rings. The third-order valence-electron chi connectivity index (χ3n) is 4.25. The van der Waals surface area contributed by atoms with E-state index in [1.807, 2.05) is 0 Å². The third kappa shape index (κ3) is 4.78. The summed E-state index contributed by atoms with van der Waals surface area (Å²) in [6.07, 6.45) is -0.374. The molecule has 0 bridgehead atoms. The first kappa shape index (κ1) is 20.7. The van der Waals surface area contributed by atoms with Crippen molar-refractivity contribution in [2.45, 2.75) is 37.3 Å². The summed E-state index contributed by atoms with van der Waals surface area (Å²) < 4.78 is 65.4. The number of halogens is 5. The highest BCUT2D eigenvalue weighted by Crippen LogP contribution is 2.46. The van der Waals surface area contributed by atoms with E-state index < -0.39 is 34.7 Å². The zero-order valence-corrected chi connectivity index (χ0v) is 14.5. The molecular weight excluding hydrogens is 369 g/mol. The molecular formula is C18H18F5N3O. The number of alkyl halides is 5. The van der Waals surface area contributed by atoms with Crippen LogP contribution in [0.1, 0.15) is 31.3 Å². The van der Waals surface area contributed by atoms with Crippen LogP contribution in [-0.4, -0.2) is 28.3 Å². The van der Waals surface area contributed by atoms with E-state index in [-0.39, 0.29) is 17.9 Å². The number of aromatic nitrogens is 2. The van der Waals surface area contributed by atoms with Gasteiger partial charge in [0.1, 0.15) is 11.5 Å². The molecule has 0 spiro atoms. The smallest absolute Gasteiger partial charge is 0.351 e. The highest BCUT2D eigenvalue weighted by Gasteiger charge is 2.48. The van der Waals surface area contributed by atoms with Gasteiger partial charge in [-0.05, 0) is 25.0 Å². The number of nitrogens with zero attached hydrogens (tertiary/aromatic N) is 2. The number of amides is 1. The molecule has 0 unspecified atom stereocenters. The molecule has 1 aliphatic carbocycles. The molecule has 2 rings (SSSR count). The van der Waals surface area contributed by atoms with Crippen molar-refractivity contribution in [1.82, 2.24) is 15.3 Å². The second-order valence-electron chi connectivity index (χ2n) is 6.41. The average molecular weight is 387 g/mol. The molecule has 0 aliphatic heterocycles. The Morgan fingerprint density at radius 2 is 1.96 bits per heavy atom. The van der Waals surface area contributed by atoms with Gasteiger partial charge in [-0.3, -0.25) is 4.79 Å². The van der Waals surface area contributed by atoms with Crippen molar-refractivity contribution < 1.29 is 26.7 Å². The molecule has 0 radical (unpaired) electrons. The van der Waals surface area contributed by atoms with Gasteiger partial charge in [-0.25, -0.2) is 18.7 Å². The predicted molar refractivity (Wildman–Crippen MR) is 89.0 cm³/mol. The Labute approximate surface area is 152 Å². The zero-order valence-electron chi connectivity index (χ0n) is 14.5. The van der Waals surface area contributed by atoms with Crippen molar-refractivity contribution >= 4 is 5.91 Å². The van der Waals surface area contributed by atoms with Crippen LogP contribution in [0, 0.1) is 0 Å². The van der Waals surface area contributed by atoms with Crippen molar-refractivity contribution in [3.05, 3.63) is 60.2 Å². The second kappa shape index (κ2) is 7.21. The first-order valence-corrected chi connectivity index (χ1v) is 8.00. The minimum Gasteiger partial charge on any atom is -0.351 e. The van der Waals surface area contributed by atoms with E-state index in [9.17, 15) is 26.7 Å². The van der Waals surface area contributed by atoms with Gasteiger partial charge >= 0.3 is 6.18 Å². The molecule has 1 aromatic rings. The lowest BCUT2D eigenvalue weighted by atomic mass is 10.00. The number of hydrogen-bond acceptors (Lipinski definition) is 3. The summed E-state index contributed by atoms with van der Waals surface area (Å²) in [5.41, 5.74) is -2.94. The van der Waals surface area contributed by atoms with E-state index in [2.05, 4.69) is 28.4 Å². The number of rotatable bonds is 7. The van der Waals surface area contributed by atoms with Crippen LogP contribution >= 0.6 is 0 Å². The fraction of sp³-hybridized carbons (Fsp3) is 0.389. The standard InChI is InChI=1S/C18H18F5N3O/c1-4-5-12(11(2)16(3,19)20)14(27)25-10-17(7-8-17)15-24-9-6-13(26-15)18(21,22)23/h4-6,9H,1-2,7-8,10H2,3H3,(H,25,27). The van der Waals surface area contributed by atoms with Gasteiger partial charge in [0.2, 0.25) is 0 Å². The number of carbonyl (C=O) groups is 1. The van der Waals surface area contributed by atoms with E-state index >= 15 is 0 Å². The monoisotopic (exact) mass is 387 g/mol. The zero-order chi connectivity index (χ0) is 20.5. The molecule has 0 saturated heterocycles. The average Bonchev–Trinajstić information content (AvgIpc) is 3.37. The molecule has 9 heteroatoms. The van der Waals surface area contributed by atoms with E-state index in [1.54, 1.807) is 0 Å². The fourth-order valence-corrected chi connectivity index (χ4v) is 2.41. The Balaban J connectivity index is 2.16. The van der Waals surface area contributed by atoms with Gasteiger partial charge in [0.25, 0.3) is 11.8 Å². The quantitative estimate of drug-likeness (QED) is 0.438. The number of carbonyl (C=O) groups excluding carboxylic acids is 1. The Morgan fingerprint density at radius 3 is 2.44 bits per heavy atom. The lowest BCUT2D eigenvalue weighted by molar-refractivity contribution is -0.141. The highest BCUT2D eigenvalue weighted by atomic mass is 19.4. The molecule has 1 saturated carbocycles. The molecule has 4 nitrogen and oxygen atoms in total. The van der Waals surface area contributed by atoms with Crippen LogP contribution in [0.15, 0.2) is 48.7 Å². The Morgan fingerprint density at radius 1 is 1.33 bits per heavy atom. The van der Waals surface area contributed by atoms with Crippen molar-refractivity contribution in [3.8, 4) is 0 Å². The minimum absolute atomic E-state index is 0.0356. The minimum atomic E-state index is -4.61. The van der Waals surface area contributed by atoms with Crippen LogP contribution in [0.4, 0.5) is 22.0 Å². The van der Waals surface area contributed by atoms with Gasteiger partial charge in [-0.1, -0.05) is 19.2 Å². The molecule has 1 heterocycles. The van der Waals surface area contributed by atoms with Gasteiger partial charge in [0.05, 0.1) is 0 Å². The van der Waals surface area contributed by atoms with E-state index in [1.165, 1.54) is 6.08 Å². The largest absolute Gasteiger partial charge is 0.433 e. The molecule has 27 heavy (non-hydrogen) atoms. The van der Waals surface area contributed by atoms with Gasteiger partial charge in [0, 0.05) is 36.2 Å². The van der Waals surface area contributed by atoms with Crippen LogP contribution < -0.4 is 5.32 Å².